The van der Waals surface area contributed by atoms with E-state index in [-0.39, 0.29) is 5.69 Å². The van der Waals surface area contributed by atoms with Crippen LogP contribution < -0.4 is 5.32 Å². The summed E-state index contributed by atoms with van der Waals surface area (Å²) in [6, 6.07) is 15.7. The van der Waals surface area contributed by atoms with Crippen LogP contribution in [0.4, 0.5) is 10.1 Å². The van der Waals surface area contributed by atoms with Gasteiger partial charge in [-0.1, -0.05) is 30.2 Å². The first-order valence-corrected chi connectivity index (χ1v) is 7.87. The molecule has 1 aromatic heterocycles. The molecule has 3 aromatic rings. The van der Waals surface area contributed by atoms with Crippen molar-refractivity contribution in [3.8, 4) is 23.0 Å². The summed E-state index contributed by atoms with van der Waals surface area (Å²) in [4.78, 5) is 11.9. The second-order valence-electron chi connectivity index (χ2n) is 4.78. The SMILES string of the molecule is O=C(C#Cc1ccccc1)Nc1cc(-c2ccsc2)ccc1F. The number of anilines is 1. The van der Waals surface area contributed by atoms with E-state index in [2.05, 4.69) is 17.2 Å². The van der Waals surface area contributed by atoms with Crippen LogP contribution in [0.2, 0.25) is 0 Å². The van der Waals surface area contributed by atoms with E-state index in [1.54, 1.807) is 35.6 Å². The summed E-state index contributed by atoms with van der Waals surface area (Å²) < 4.78 is 13.9. The largest absolute Gasteiger partial charge is 0.313 e. The van der Waals surface area contributed by atoms with Gasteiger partial charge in [0.15, 0.2) is 0 Å². The minimum atomic E-state index is -0.546. The molecule has 0 radical (unpaired) electrons. The lowest BCUT2D eigenvalue weighted by atomic mass is 10.1. The van der Waals surface area contributed by atoms with E-state index in [1.165, 1.54) is 6.07 Å². The Balaban J connectivity index is 1.79. The first-order chi connectivity index (χ1) is 11.2. The van der Waals surface area contributed by atoms with Crippen LogP contribution >= 0.6 is 11.3 Å². The van der Waals surface area contributed by atoms with Crippen molar-refractivity contribution in [3.05, 3.63) is 76.7 Å². The zero-order valence-corrected chi connectivity index (χ0v) is 12.9. The summed E-state index contributed by atoms with van der Waals surface area (Å²) in [7, 11) is 0. The van der Waals surface area contributed by atoms with Crippen LogP contribution in [0.5, 0.6) is 0 Å². The first kappa shape index (κ1) is 15.0. The van der Waals surface area contributed by atoms with Crippen molar-refractivity contribution in [2.75, 3.05) is 5.32 Å². The molecule has 0 spiro atoms. The molecule has 0 bridgehead atoms. The highest BCUT2D eigenvalue weighted by atomic mass is 32.1. The van der Waals surface area contributed by atoms with Crippen LogP contribution in [0, 0.1) is 17.7 Å². The van der Waals surface area contributed by atoms with Gasteiger partial charge in [0.1, 0.15) is 5.82 Å². The lowest BCUT2D eigenvalue weighted by Gasteiger charge is -2.05. The fourth-order valence-electron chi connectivity index (χ4n) is 2.03. The second kappa shape index (κ2) is 6.91. The monoisotopic (exact) mass is 321 g/mol. The maximum Gasteiger partial charge on any atom is 0.300 e. The van der Waals surface area contributed by atoms with Crippen molar-refractivity contribution in [3.63, 3.8) is 0 Å². The maximum atomic E-state index is 13.9. The zero-order chi connectivity index (χ0) is 16.1. The highest BCUT2D eigenvalue weighted by Crippen LogP contribution is 2.26. The number of thiophene rings is 1. The molecule has 0 atom stereocenters. The molecule has 2 aromatic carbocycles. The molecule has 4 heteroatoms. The van der Waals surface area contributed by atoms with E-state index in [0.717, 1.165) is 16.7 Å². The van der Waals surface area contributed by atoms with Crippen molar-refractivity contribution in [1.82, 2.24) is 0 Å². The summed E-state index contributed by atoms with van der Waals surface area (Å²) in [5, 5.41) is 6.41. The lowest BCUT2D eigenvalue weighted by Crippen LogP contribution is -2.10. The number of rotatable bonds is 2. The number of hydrogen-bond acceptors (Lipinski definition) is 2. The fourth-order valence-corrected chi connectivity index (χ4v) is 2.70. The molecule has 0 saturated carbocycles. The average molecular weight is 321 g/mol. The van der Waals surface area contributed by atoms with Crippen molar-refractivity contribution in [1.29, 1.82) is 0 Å². The Labute approximate surface area is 137 Å². The second-order valence-corrected chi connectivity index (χ2v) is 5.56. The van der Waals surface area contributed by atoms with Gasteiger partial charge in [-0.15, -0.1) is 0 Å². The minimum Gasteiger partial charge on any atom is -0.313 e. The quantitative estimate of drug-likeness (QED) is 0.690. The van der Waals surface area contributed by atoms with Gasteiger partial charge >= 0.3 is 5.91 Å². The van der Waals surface area contributed by atoms with E-state index < -0.39 is 11.7 Å². The molecule has 112 valence electrons. The Morgan fingerprint density at radius 1 is 1.04 bits per heavy atom. The van der Waals surface area contributed by atoms with Gasteiger partial charge in [-0.2, -0.15) is 11.3 Å². The van der Waals surface area contributed by atoms with E-state index in [9.17, 15) is 9.18 Å². The van der Waals surface area contributed by atoms with Gasteiger partial charge in [-0.05, 0) is 52.2 Å². The summed E-state index contributed by atoms with van der Waals surface area (Å²) in [6.07, 6.45) is 0. The topological polar surface area (TPSA) is 29.1 Å². The smallest absolute Gasteiger partial charge is 0.300 e. The van der Waals surface area contributed by atoms with Gasteiger partial charge in [0.05, 0.1) is 5.69 Å². The molecule has 0 unspecified atom stereocenters. The van der Waals surface area contributed by atoms with Crippen LogP contribution in [0.15, 0.2) is 65.4 Å². The van der Waals surface area contributed by atoms with Gasteiger partial charge in [0, 0.05) is 11.5 Å². The molecule has 0 aliphatic carbocycles. The Hall–Kier alpha value is -2.90. The van der Waals surface area contributed by atoms with Crippen LogP contribution in [0.1, 0.15) is 5.56 Å². The predicted octanol–water partition coefficient (Wildman–Crippen LogP) is 4.54. The summed E-state index contributed by atoms with van der Waals surface area (Å²) in [5.41, 5.74) is 2.69. The van der Waals surface area contributed by atoms with Gasteiger partial charge in [0.2, 0.25) is 0 Å². The number of amides is 1. The molecule has 1 heterocycles. The van der Waals surface area contributed by atoms with Gasteiger partial charge in [-0.3, -0.25) is 4.79 Å². The normalized spacial score (nSPS) is 9.78. The number of halogens is 1. The van der Waals surface area contributed by atoms with Crippen LogP contribution in [-0.2, 0) is 4.79 Å². The van der Waals surface area contributed by atoms with Gasteiger partial charge in [0.25, 0.3) is 0 Å². The molecule has 0 fully saturated rings. The first-order valence-electron chi connectivity index (χ1n) is 6.92. The van der Waals surface area contributed by atoms with Crippen LogP contribution in [0.25, 0.3) is 11.1 Å². The van der Waals surface area contributed by atoms with Crippen LogP contribution in [-0.4, -0.2) is 5.91 Å². The van der Waals surface area contributed by atoms with E-state index in [4.69, 9.17) is 0 Å². The third-order valence-corrected chi connectivity index (χ3v) is 3.85. The molecular weight excluding hydrogens is 309 g/mol. The Morgan fingerprint density at radius 2 is 1.87 bits per heavy atom. The molecular formula is C19H12FNOS. The molecule has 0 saturated heterocycles. The minimum absolute atomic E-state index is 0.126. The molecule has 1 N–H and O–H groups in total. The van der Waals surface area contributed by atoms with Gasteiger partial charge < -0.3 is 5.32 Å². The third-order valence-electron chi connectivity index (χ3n) is 3.16. The lowest BCUT2D eigenvalue weighted by molar-refractivity contribution is -0.111. The Morgan fingerprint density at radius 3 is 2.61 bits per heavy atom. The number of nitrogens with one attached hydrogen (secondary N) is 1. The van der Waals surface area contributed by atoms with E-state index in [1.807, 2.05) is 35.0 Å². The Bertz CT molecular complexity index is 877. The number of carbonyl (C=O) groups excluding carboxylic acids is 1. The summed E-state index contributed by atoms with van der Waals surface area (Å²) >= 11 is 1.56. The molecule has 3 rings (SSSR count). The third kappa shape index (κ3) is 3.85. The zero-order valence-electron chi connectivity index (χ0n) is 12.0. The highest BCUT2D eigenvalue weighted by molar-refractivity contribution is 7.08. The highest BCUT2D eigenvalue weighted by Gasteiger charge is 2.07. The number of hydrogen-bond donors (Lipinski definition) is 1. The molecule has 1 amide bonds. The standard InChI is InChI=1S/C19H12FNOS/c20-17-8-7-15(16-10-11-23-13-16)12-18(17)21-19(22)9-6-14-4-2-1-3-5-14/h1-5,7-8,10-13H,(H,21,22). The molecule has 2 nitrogen and oxygen atoms in total. The Kier molecular flexibility index (Phi) is 4.51. The number of benzene rings is 2. The predicted molar refractivity (Wildman–Crippen MR) is 91.7 cm³/mol. The molecule has 0 aliphatic heterocycles. The molecule has 23 heavy (non-hydrogen) atoms. The average Bonchev–Trinajstić information content (AvgIpc) is 3.10. The van der Waals surface area contributed by atoms with E-state index in [0.29, 0.717) is 0 Å². The van der Waals surface area contributed by atoms with E-state index >= 15 is 0 Å². The summed E-state index contributed by atoms with van der Waals surface area (Å²) in [6.45, 7) is 0. The van der Waals surface area contributed by atoms with Crippen molar-refractivity contribution in [2.24, 2.45) is 0 Å². The van der Waals surface area contributed by atoms with Crippen molar-refractivity contribution >= 4 is 22.9 Å². The van der Waals surface area contributed by atoms with Crippen LogP contribution in [0.3, 0.4) is 0 Å². The summed E-state index contributed by atoms with van der Waals surface area (Å²) in [5.74, 6) is 4.17. The van der Waals surface area contributed by atoms with Gasteiger partial charge in [-0.25, -0.2) is 4.39 Å². The number of carbonyl (C=O) groups is 1. The molecule has 0 aliphatic rings. The maximum absolute atomic E-state index is 13.9. The fraction of sp³-hybridized carbons (Fsp3) is 0. The van der Waals surface area contributed by atoms with Crippen molar-refractivity contribution in [2.45, 2.75) is 0 Å². The van der Waals surface area contributed by atoms with Crippen molar-refractivity contribution < 1.29 is 9.18 Å².